The van der Waals surface area contributed by atoms with Crippen LogP contribution in [0.15, 0.2) is 97.1 Å². The number of ketones is 2. The minimum Gasteiger partial charge on any atom is -0.340 e. The maximum Gasteiger partial charge on any atom is 0.327 e. The number of aromatic nitrogens is 2. The van der Waals surface area contributed by atoms with Crippen molar-refractivity contribution in [1.82, 2.24) is 28.7 Å². The molecule has 2 aromatic heterocycles. The van der Waals surface area contributed by atoms with Gasteiger partial charge in [0.2, 0.25) is 11.8 Å². The van der Waals surface area contributed by atoms with E-state index in [4.69, 9.17) is 0 Å². The van der Waals surface area contributed by atoms with Crippen LogP contribution in [0, 0.1) is 0 Å². The van der Waals surface area contributed by atoms with Gasteiger partial charge in [0.05, 0.1) is 6.54 Å². The van der Waals surface area contributed by atoms with Crippen molar-refractivity contribution in [1.29, 1.82) is 0 Å². The highest BCUT2D eigenvalue weighted by Gasteiger charge is 2.48. The lowest BCUT2D eigenvalue weighted by atomic mass is 9.93. The lowest BCUT2D eigenvalue weighted by Crippen LogP contribution is -2.56. The Labute approximate surface area is 353 Å². The van der Waals surface area contributed by atoms with Gasteiger partial charge in [-0.15, -0.1) is 0 Å². The second-order valence-electron chi connectivity index (χ2n) is 16.3. The number of Topliss-reactive ketones (excluding diaryl/α,β-unsaturated/α-hetero) is 2. The lowest BCUT2D eigenvalue weighted by Gasteiger charge is -2.42. The number of hydrogen-bond donors (Lipinski definition) is 0. The van der Waals surface area contributed by atoms with E-state index < -0.39 is 12.1 Å². The van der Waals surface area contributed by atoms with Crippen LogP contribution in [0.5, 0.6) is 0 Å². The van der Waals surface area contributed by atoms with E-state index in [9.17, 15) is 28.8 Å². The van der Waals surface area contributed by atoms with Crippen molar-refractivity contribution in [3.05, 3.63) is 142 Å². The van der Waals surface area contributed by atoms with E-state index in [-0.39, 0.29) is 41.9 Å². The van der Waals surface area contributed by atoms with E-state index in [0.29, 0.717) is 45.4 Å². The third-order valence-electron chi connectivity index (χ3n) is 12.9. The fourth-order valence-corrected chi connectivity index (χ4v) is 9.70. The number of para-hydroxylation sites is 2. The van der Waals surface area contributed by atoms with Crippen molar-refractivity contribution >= 4 is 57.1 Å². The van der Waals surface area contributed by atoms with Gasteiger partial charge in [0.25, 0.3) is 5.91 Å². The van der Waals surface area contributed by atoms with Crippen molar-refractivity contribution < 1.29 is 28.8 Å². The quantitative estimate of drug-likeness (QED) is 0.121. The summed E-state index contributed by atoms with van der Waals surface area (Å²) in [5.74, 6) is 0.0990. The normalized spacial score (nSPS) is 18.2. The van der Waals surface area contributed by atoms with Gasteiger partial charge in [0, 0.05) is 121 Å². The van der Waals surface area contributed by atoms with E-state index in [0.717, 1.165) is 73.0 Å². The fourth-order valence-electron chi connectivity index (χ4n) is 9.70. The summed E-state index contributed by atoms with van der Waals surface area (Å²) in [7, 11) is 3.26. The highest BCUT2D eigenvalue weighted by molar-refractivity contribution is 6.07. The summed E-state index contributed by atoms with van der Waals surface area (Å²) in [5, 5.41) is 2.05. The average Bonchev–Trinajstić information content (AvgIpc) is 3.86. The predicted molar refractivity (Wildman–Crippen MR) is 231 cm³/mol. The molecular weight excluding hydrogens is 769 g/mol. The number of amides is 5. The summed E-state index contributed by atoms with van der Waals surface area (Å²) in [6.07, 6.45) is 2.41. The third kappa shape index (κ3) is 6.61. The van der Waals surface area contributed by atoms with Crippen molar-refractivity contribution in [3.8, 4) is 0 Å². The van der Waals surface area contributed by atoms with Gasteiger partial charge in [-0.25, -0.2) is 4.79 Å². The maximum atomic E-state index is 13.1. The molecule has 10 rings (SSSR count). The molecule has 4 aromatic carbocycles. The zero-order valence-electron chi connectivity index (χ0n) is 34.9. The molecule has 4 aliphatic rings. The Hall–Kier alpha value is -6.82. The number of nitrogens with zero attached hydrogens (tertiary/aromatic N) is 6. The summed E-state index contributed by atoms with van der Waals surface area (Å²) in [5.41, 5.74) is 9.94. The number of rotatable bonds is 8. The van der Waals surface area contributed by atoms with Crippen molar-refractivity contribution in [2.75, 3.05) is 33.7 Å². The maximum absolute atomic E-state index is 13.1. The molecule has 2 fully saturated rings. The van der Waals surface area contributed by atoms with Gasteiger partial charge >= 0.3 is 6.03 Å². The summed E-state index contributed by atoms with van der Waals surface area (Å²) in [6, 6.07) is 30.4. The molecule has 6 heterocycles. The van der Waals surface area contributed by atoms with Crippen LogP contribution in [0.25, 0.3) is 21.8 Å². The Kier molecular flexibility index (Phi) is 10.2. The van der Waals surface area contributed by atoms with E-state index >= 15 is 0 Å². The van der Waals surface area contributed by atoms with Gasteiger partial charge in [0.1, 0.15) is 12.1 Å². The van der Waals surface area contributed by atoms with Gasteiger partial charge < -0.3 is 23.8 Å². The van der Waals surface area contributed by atoms with E-state index in [2.05, 4.69) is 21.3 Å². The molecule has 6 aromatic rings. The first-order valence-corrected chi connectivity index (χ1v) is 21.1. The second kappa shape index (κ2) is 15.7. The number of imide groups is 1. The molecular formula is C49H48N6O6. The first-order valence-electron chi connectivity index (χ1n) is 21.1. The van der Waals surface area contributed by atoms with Crippen molar-refractivity contribution in [2.24, 2.45) is 0 Å². The van der Waals surface area contributed by atoms with Gasteiger partial charge in [-0.1, -0.05) is 98.8 Å². The standard InChI is InChI=1S/C25H25N3O3.C24H23N3O3/c1-3-21(29)17-10-8-16(9-11-17)14-28-19-7-5-4-6-18(19)23-20(28)12-13-27-22(30)15-26(2)25(31)24(23)27;1-3-20(28)16-10-8-15(9-11-16)14-27-18-7-5-4-6-17(18)21-19(27)12-13-26-22(21)23(29)25(2)24(26)30/h4-11,24H,3,12-15H2,1-2H3;4-11,22H,3,12-14H2,1-2H3. The Bertz CT molecular complexity index is 2780. The molecule has 5 amide bonds. The van der Waals surface area contributed by atoms with E-state index in [1.807, 2.05) is 98.8 Å². The van der Waals surface area contributed by atoms with Crippen LogP contribution in [0.2, 0.25) is 0 Å². The van der Waals surface area contributed by atoms with E-state index in [1.54, 1.807) is 23.9 Å². The van der Waals surface area contributed by atoms with Crippen molar-refractivity contribution in [2.45, 2.75) is 64.7 Å². The molecule has 0 bridgehead atoms. The monoisotopic (exact) mass is 816 g/mol. The Balaban J connectivity index is 0.000000156. The largest absolute Gasteiger partial charge is 0.340 e. The molecule has 12 nitrogen and oxygen atoms in total. The minimum atomic E-state index is -0.550. The summed E-state index contributed by atoms with van der Waals surface area (Å²) in [4.78, 5) is 81.2. The minimum absolute atomic E-state index is 0.00533. The number of carbonyl (C=O) groups excluding carboxylic acids is 6. The van der Waals surface area contributed by atoms with Crippen LogP contribution in [0.1, 0.15) is 93.1 Å². The third-order valence-corrected chi connectivity index (χ3v) is 12.9. The summed E-state index contributed by atoms with van der Waals surface area (Å²) < 4.78 is 4.53. The average molecular weight is 817 g/mol. The Morgan fingerprint density at radius 3 is 1.49 bits per heavy atom. The number of benzene rings is 4. The molecule has 2 saturated heterocycles. The zero-order valence-corrected chi connectivity index (χ0v) is 34.9. The first kappa shape index (κ1) is 39.6. The van der Waals surface area contributed by atoms with Crippen molar-refractivity contribution in [3.63, 3.8) is 0 Å². The SMILES string of the molecule is CCC(=O)c1ccc(Cn2c3c(c4ccccc42)C2C(=O)N(C)C(=O)N2CC3)cc1.CCC(=O)c1ccc(Cn2c3c(c4ccccc42)C2C(=O)N(C)CC(=O)N2CC3)cc1. The zero-order chi connectivity index (χ0) is 42.7. The highest BCUT2D eigenvalue weighted by Crippen LogP contribution is 2.43. The van der Waals surface area contributed by atoms with Gasteiger partial charge in [-0.3, -0.25) is 28.9 Å². The van der Waals surface area contributed by atoms with Crippen LogP contribution in [0.4, 0.5) is 4.79 Å². The smallest absolute Gasteiger partial charge is 0.327 e. The summed E-state index contributed by atoms with van der Waals surface area (Å²) in [6.45, 7) is 6.27. The second-order valence-corrected chi connectivity index (χ2v) is 16.3. The van der Waals surface area contributed by atoms with Gasteiger partial charge in [0.15, 0.2) is 11.6 Å². The Morgan fingerprint density at radius 1 is 0.574 bits per heavy atom. The molecule has 2 unspecified atom stereocenters. The number of urea groups is 1. The molecule has 61 heavy (non-hydrogen) atoms. The number of likely N-dealkylation sites (N-methyl/N-ethyl adjacent to an activating group) is 2. The Morgan fingerprint density at radius 2 is 1.02 bits per heavy atom. The first-order chi connectivity index (χ1) is 29.5. The molecule has 12 heteroatoms. The molecule has 0 N–H and O–H groups in total. The number of hydrogen-bond acceptors (Lipinski definition) is 6. The van der Waals surface area contributed by atoms with Crippen LogP contribution < -0.4 is 0 Å². The van der Waals surface area contributed by atoms with Crippen LogP contribution in [0.3, 0.4) is 0 Å². The molecule has 0 radical (unpaired) electrons. The predicted octanol–water partition coefficient (Wildman–Crippen LogP) is 6.95. The molecule has 4 aliphatic heterocycles. The lowest BCUT2D eigenvalue weighted by molar-refractivity contribution is -0.155. The molecule has 310 valence electrons. The number of piperazine rings is 1. The molecule has 0 aliphatic carbocycles. The van der Waals surface area contributed by atoms with Crippen LogP contribution in [-0.2, 0) is 40.3 Å². The number of carbonyl (C=O) groups is 6. The molecule has 0 saturated carbocycles. The molecule has 0 spiro atoms. The highest BCUT2D eigenvalue weighted by atomic mass is 16.2. The van der Waals surface area contributed by atoms with E-state index in [1.165, 1.54) is 9.80 Å². The van der Waals surface area contributed by atoms with Gasteiger partial charge in [-0.05, 0) is 23.3 Å². The van der Waals surface area contributed by atoms with Crippen LogP contribution >= 0.6 is 0 Å². The summed E-state index contributed by atoms with van der Waals surface area (Å²) >= 11 is 0. The fraction of sp³-hybridized carbons (Fsp3) is 0.306. The number of fused-ring (bicyclic) bond motifs is 10. The topological polar surface area (TPSA) is 125 Å². The molecule has 2 atom stereocenters. The van der Waals surface area contributed by atoms with Crippen LogP contribution in [-0.4, -0.2) is 97.8 Å². The van der Waals surface area contributed by atoms with Gasteiger partial charge in [-0.2, -0.15) is 0 Å².